The van der Waals surface area contributed by atoms with Gasteiger partial charge in [0.05, 0.1) is 0 Å². The molecular formula is C14H27N3. The highest BCUT2D eigenvalue weighted by atomic mass is 15.1. The number of piperidine rings is 1. The molecular weight excluding hydrogens is 210 g/mol. The minimum absolute atomic E-state index is 0.758. The molecule has 3 heteroatoms. The van der Waals surface area contributed by atoms with Gasteiger partial charge < -0.3 is 15.1 Å². The summed E-state index contributed by atoms with van der Waals surface area (Å²) in [6, 6.07) is 0.758. The zero-order valence-electron chi connectivity index (χ0n) is 11.4. The molecule has 0 amide bonds. The lowest BCUT2D eigenvalue weighted by molar-refractivity contribution is 0.202. The third kappa shape index (κ3) is 4.09. The lowest BCUT2D eigenvalue weighted by atomic mass is 10.0. The van der Waals surface area contributed by atoms with Crippen molar-refractivity contribution in [1.29, 1.82) is 0 Å². The number of hydrogen-bond acceptors (Lipinski definition) is 3. The van der Waals surface area contributed by atoms with E-state index in [1.165, 1.54) is 51.9 Å². The summed E-state index contributed by atoms with van der Waals surface area (Å²) in [4.78, 5) is 5.02. The molecule has 2 aliphatic heterocycles. The van der Waals surface area contributed by atoms with Gasteiger partial charge in [0.15, 0.2) is 0 Å². The molecule has 0 radical (unpaired) electrons. The van der Waals surface area contributed by atoms with Gasteiger partial charge in [0.1, 0.15) is 0 Å². The Bertz CT molecular complexity index is 254. The van der Waals surface area contributed by atoms with E-state index in [0.29, 0.717) is 0 Å². The number of hydrogen-bond donors (Lipinski definition) is 1. The molecule has 17 heavy (non-hydrogen) atoms. The second-order valence-electron chi connectivity index (χ2n) is 5.53. The van der Waals surface area contributed by atoms with Crippen LogP contribution in [0.25, 0.3) is 0 Å². The van der Waals surface area contributed by atoms with E-state index in [1.54, 1.807) is 5.57 Å². The minimum Gasteiger partial charge on any atom is -0.317 e. The van der Waals surface area contributed by atoms with Crippen LogP contribution < -0.4 is 5.32 Å². The molecule has 2 rings (SSSR count). The average Bonchev–Trinajstić information content (AvgIpc) is 2.39. The highest BCUT2D eigenvalue weighted by molar-refractivity contribution is 5.07. The van der Waals surface area contributed by atoms with E-state index >= 15 is 0 Å². The summed E-state index contributed by atoms with van der Waals surface area (Å²) in [5.41, 5.74) is 1.68. The normalized spacial score (nSPS) is 24.9. The van der Waals surface area contributed by atoms with Gasteiger partial charge in [-0.25, -0.2) is 0 Å². The van der Waals surface area contributed by atoms with Crippen molar-refractivity contribution in [2.75, 3.05) is 46.8 Å². The van der Waals surface area contributed by atoms with Crippen molar-refractivity contribution in [2.24, 2.45) is 0 Å². The van der Waals surface area contributed by atoms with Crippen LogP contribution in [0.5, 0.6) is 0 Å². The van der Waals surface area contributed by atoms with Gasteiger partial charge in [-0.15, -0.1) is 0 Å². The predicted octanol–water partition coefficient (Wildman–Crippen LogP) is 1.32. The average molecular weight is 237 g/mol. The van der Waals surface area contributed by atoms with Crippen molar-refractivity contribution in [3.63, 3.8) is 0 Å². The Hall–Kier alpha value is -0.380. The fourth-order valence-electron chi connectivity index (χ4n) is 2.79. The van der Waals surface area contributed by atoms with Crippen LogP contribution in [0.4, 0.5) is 0 Å². The summed E-state index contributed by atoms with van der Waals surface area (Å²) in [5, 5.41) is 3.39. The van der Waals surface area contributed by atoms with Crippen LogP contribution in [0.1, 0.15) is 25.7 Å². The largest absolute Gasteiger partial charge is 0.317 e. The van der Waals surface area contributed by atoms with Gasteiger partial charge in [-0.1, -0.05) is 11.6 Å². The van der Waals surface area contributed by atoms with E-state index in [-0.39, 0.29) is 0 Å². The summed E-state index contributed by atoms with van der Waals surface area (Å²) in [6.07, 6.45) is 7.64. The number of rotatable bonds is 4. The second-order valence-corrected chi connectivity index (χ2v) is 5.53. The Morgan fingerprint density at radius 3 is 2.65 bits per heavy atom. The van der Waals surface area contributed by atoms with Crippen molar-refractivity contribution in [2.45, 2.75) is 31.7 Å². The molecule has 1 N–H and O–H groups in total. The van der Waals surface area contributed by atoms with Crippen LogP contribution in [-0.4, -0.2) is 62.7 Å². The molecule has 1 fully saturated rings. The van der Waals surface area contributed by atoms with Crippen molar-refractivity contribution < 1.29 is 0 Å². The molecule has 2 heterocycles. The first-order chi connectivity index (χ1) is 8.28. The predicted molar refractivity (Wildman–Crippen MR) is 73.3 cm³/mol. The Labute approximate surface area is 106 Å². The van der Waals surface area contributed by atoms with E-state index < -0.39 is 0 Å². The maximum atomic E-state index is 3.39. The van der Waals surface area contributed by atoms with Crippen molar-refractivity contribution in [3.05, 3.63) is 11.6 Å². The summed E-state index contributed by atoms with van der Waals surface area (Å²) in [6.45, 7) is 6.22. The maximum absolute atomic E-state index is 3.39. The minimum atomic E-state index is 0.758. The van der Waals surface area contributed by atoms with Crippen molar-refractivity contribution in [3.8, 4) is 0 Å². The quantitative estimate of drug-likeness (QED) is 0.744. The van der Waals surface area contributed by atoms with Crippen LogP contribution in [0.15, 0.2) is 11.6 Å². The Kier molecular flexibility index (Phi) is 5.01. The fraction of sp³-hybridized carbons (Fsp3) is 0.857. The molecule has 0 aromatic rings. The highest BCUT2D eigenvalue weighted by Gasteiger charge is 2.17. The molecule has 0 atom stereocenters. The monoisotopic (exact) mass is 237 g/mol. The third-order valence-electron chi connectivity index (χ3n) is 4.25. The topological polar surface area (TPSA) is 18.5 Å². The SMILES string of the molecule is CNC1CCN(CCC2=CCN(C)CC2)CC1. The number of nitrogens with zero attached hydrogens (tertiary/aromatic N) is 2. The molecule has 0 aliphatic carbocycles. The van der Waals surface area contributed by atoms with Crippen LogP contribution in [0.3, 0.4) is 0 Å². The number of nitrogens with one attached hydrogen (secondary N) is 1. The third-order valence-corrected chi connectivity index (χ3v) is 4.25. The van der Waals surface area contributed by atoms with Crippen LogP contribution >= 0.6 is 0 Å². The molecule has 1 saturated heterocycles. The van der Waals surface area contributed by atoms with Gasteiger partial charge >= 0.3 is 0 Å². The molecule has 0 saturated carbocycles. The van der Waals surface area contributed by atoms with Crippen molar-refractivity contribution >= 4 is 0 Å². The Morgan fingerprint density at radius 1 is 1.29 bits per heavy atom. The molecule has 2 aliphatic rings. The standard InChI is InChI=1S/C14H27N3/c1-15-14-6-11-17(12-7-14)10-5-13-3-8-16(2)9-4-13/h3,14-15H,4-12H2,1-2H3. The summed E-state index contributed by atoms with van der Waals surface area (Å²) >= 11 is 0. The Morgan fingerprint density at radius 2 is 2.06 bits per heavy atom. The molecule has 3 nitrogen and oxygen atoms in total. The first kappa shape index (κ1) is 13.1. The zero-order valence-corrected chi connectivity index (χ0v) is 11.4. The maximum Gasteiger partial charge on any atom is 0.0162 e. The first-order valence-corrected chi connectivity index (χ1v) is 7.04. The smallest absolute Gasteiger partial charge is 0.0162 e. The Balaban J connectivity index is 1.66. The highest BCUT2D eigenvalue weighted by Crippen LogP contribution is 2.16. The lowest BCUT2D eigenvalue weighted by Crippen LogP contribution is -2.41. The van der Waals surface area contributed by atoms with E-state index in [0.717, 1.165) is 12.6 Å². The van der Waals surface area contributed by atoms with E-state index in [9.17, 15) is 0 Å². The van der Waals surface area contributed by atoms with E-state index in [2.05, 4.69) is 35.3 Å². The summed E-state index contributed by atoms with van der Waals surface area (Å²) < 4.78 is 0. The van der Waals surface area contributed by atoms with Gasteiger partial charge in [-0.2, -0.15) is 0 Å². The lowest BCUT2D eigenvalue weighted by Gasteiger charge is -2.32. The van der Waals surface area contributed by atoms with Crippen molar-refractivity contribution in [1.82, 2.24) is 15.1 Å². The van der Waals surface area contributed by atoms with Gasteiger partial charge in [0, 0.05) is 25.7 Å². The number of likely N-dealkylation sites (N-methyl/N-ethyl adjacent to an activating group) is 1. The summed E-state index contributed by atoms with van der Waals surface area (Å²) in [5.74, 6) is 0. The van der Waals surface area contributed by atoms with Crippen LogP contribution in [0, 0.1) is 0 Å². The van der Waals surface area contributed by atoms with Gasteiger partial charge in [-0.3, -0.25) is 0 Å². The molecule has 0 unspecified atom stereocenters. The van der Waals surface area contributed by atoms with E-state index in [1.807, 2.05) is 0 Å². The van der Waals surface area contributed by atoms with Gasteiger partial charge in [0.2, 0.25) is 0 Å². The van der Waals surface area contributed by atoms with Gasteiger partial charge in [0.25, 0.3) is 0 Å². The fourth-order valence-corrected chi connectivity index (χ4v) is 2.79. The van der Waals surface area contributed by atoms with Crippen LogP contribution in [-0.2, 0) is 0 Å². The molecule has 98 valence electrons. The van der Waals surface area contributed by atoms with Gasteiger partial charge in [-0.05, 0) is 52.9 Å². The summed E-state index contributed by atoms with van der Waals surface area (Å²) in [7, 11) is 4.29. The molecule has 0 bridgehead atoms. The molecule has 0 aromatic carbocycles. The second kappa shape index (κ2) is 6.53. The molecule has 0 spiro atoms. The zero-order chi connectivity index (χ0) is 12.1. The van der Waals surface area contributed by atoms with E-state index in [4.69, 9.17) is 0 Å². The first-order valence-electron chi connectivity index (χ1n) is 7.04. The van der Waals surface area contributed by atoms with Crippen LogP contribution in [0.2, 0.25) is 0 Å². The number of likely N-dealkylation sites (tertiary alicyclic amines) is 1. The molecule has 0 aromatic heterocycles.